The van der Waals surface area contributed by atoms with Crippen molar-refractivity contribution in [2.24, 2.45) is 0 Å². The van der Waals surface area contributed by atoms with Crippen LogP contribution in [0.2, 0.25) is 0 Å². The molecule has 25 heavy (non-hydrogen) atoms. The summed E-state index contributed by atoms with van der Waals surface area (Å²) in [5, 5.41) is 20.6. The van der Waals surface area contributed by atoms with Crippen LogP contribution in [-0.4, -0.2) is 34.5 Å². The molecule has 1 aliphatic rings. The first kappa shape index (κ1) is 16.8. The summed E-state index contributed by atoms with van der Waals surface area (Å²) >= 11 is 0. The van der Waals surface area contributed by atoms with Crippen molar-refractivity contribution in [2.45, 2.75) is 18.9 Å². The molecule has 1 saturated heterocycles. The molecule has 7 heteroatoms. The fraction of sp³-hybridized carbons (Fsp3) is 0.278. The first-order valence-electron chi connectivity index (χ1n) is 7.93. The number of amides is 1. The molecule has 0 unspecified atom stereocenters. The van der Waals surface area contributed by atoms with E-state index in [2.05, 4.69) is 0 Å². The maximum Gasteiger partial charge on any atom is 0.310 e. The molecule has 7 nitrogen and oxygen atoms in total. The van der Waals surface area contributed by atoms with Crippen molar-refractivity contribution >= 4 is 11.6 Å². The molecular formula is C18H18N2O5. The maximum atomic E-state index is 12.8. The second kappa shape index (κ2) is 6.80. The van der Waals surface area contributed by atoms with E-state index in [0.29, 0.717) is 6.54 Å². The first-order chi connectivity index (χ1) is 12.0. The van der Waals surface area contributed by atoms with Crippen LogP contribution in [0.15, 0.2) is 42.5 Å². The summed E-state index contributed by atoms with van der Waals surface area (Å²) in [7, 11) is 1.59. The Kier molecular flexibility index (Phi) is 4.56. The summed E-state index contributed by atoms with van der Waals surface area (Å²) in [6.07, 6.45) is 1.70. The van der Waals surface area contributed by atoms with Crippen LogP contribution < -0.4 is 4.74 Å². The van der Waals surface area contributed by atoms with Gasteiger partial charge in [0, 0.05) is 18.2 Å². The predicted molar refractivity (Wildman–Crippen MR) is 90.8 cm³/mol. The molecule has 0 saturated carbocycles. The Hall–Kier alpha value is -3.09. The molecule has 0 spiro atoms. The van der Waals surface area contributed by atoms with E-state index in [4.69, 9.17) is 4.74 Å². The zero-order valence-electron chi connectivity index (χ0n) is 13.7. The van der Waals surface area contributed by atoms with E-state index >= 15 is 0 Å². The van der Waals surface area contributed by atoms with Crippen LogP contribution in [0.5, 0.6) is 11.5 Å². The number of nitro benzene ring substituents is 1. The number of phenols is 1. The molecule has 1 amide bonds. The molecule has 0 radical (unpaired) electrons. The number of benzene rings is 2. The highest BCUT2D eigenvalue weighted by Gasteiger charge is 2.31. The lowest BCUT2D eigenvalue weighted by molar-refractivity contribution is -0.385. The van der Waals surface area contributed by atoms with Gasteiger partial charge in [-0.3, -0.25) is 14.9 Å². The molecule has 2 aromatic carbocycles. The minimum absolute atomic E-state index is 0.0834. The smallest absolute Gasteiger partial charge is 0.310 e. The van der Waals surface area contributed by atoms with Crippen molar-refractivity contribution in [1.29, 1.82) is 0 Å². The Bertz CT molecular complexity index is 821. The Morgan fingerprint density at radius 1 is 1.32 bits per heavy atom. The number of carbonyl (C=O) groups excluding carboxylic acids is 1. The Morgan fingerprint density at radius 2 is 2.12 bits per heavy atom. The third kappa shape index (κ3) is 3.26. The fourth-order valence-corrected chi connectivity index (χ4v) is 3.18. The van der Waals surface area contributed by atoms with E-state index in [1.807, 2.05) is 24.3 Å². The number of hydrogen-bond donors (Lipinski definition) is 1. The van der Waals surface area contributed by atoms with Gasteiger partial charge in [0.2, 0.25) is 0 Å². The second-order valence-electron chi connectivity index (χ2n) is 5.89. The van der Waals surface area contributed by atoms with Crippen LogP contribution in [0.1, 0.15) is 34.8 Å². The molecule has 3 rings (SSSR count). The SMILES string of the molecule is COc1cccc([C@H]2CCCN2C(=O)c2ccc([N+](=O)[O-])c(O)c2)c1. The lowest BCUT2D eigenvalue weighted by Crippen LogP contribution is -2.30. The van der Waals surface area contributed by atoms with Gasteiger partial charge in [-0.2, -0.15) is 0 Å². The highest BCUT2D eigenvalue weighted by molar-refractivity contribution is 5.95. The average molecular weight is 342 g/mol. The van der Waals surface area contributed by atoms with Gasteiger partial charge in [0.05, 0.1) is 18.1 Å². The summed E-state index contributed by atoms with van der Waals surface area (Å²) in [6, 6.07) is 11.2. The number of ether oxygens (including phenoxy) is 1. The van der Waals surface area contributed by atoms with Gasteiger partial charge in [-0.05, 0) is 42.7 Å². The highest BCUT2D eigenvalue weighted by Crippen LogP contribution is 2.35. The lowest BCUT2D eigenvalue weighted by Gasteiger charge is -2.25. The molecule has 130 valence electrons. The van der Waals surface area contributed by atoms with Crippen molar-refractivity contribution in [1.82, 2.24) is 4.90 Å². The van der Waals surface area contributed by atoms with Gasteiger partial charge in [0.25, 0.3) is 5.91 Å². The van der Waals surface area contributed by atoms with E-state index in [0.717, 1.165) is 36.3 Å². The van der Waals surface area contributed by atoms with Crippen molar-refractivity contribution in [3.8, 4) is 11.5 Å². The minimum Gasteiger partial charge on any atom is -0.502 e. The number of hydrogen-bond acceptors (Lipinski definition) is 5. The normalized spacial score (nSPS) is 16.7. The fourth-order valence-electron chi connectivity index (χ4n) is 3.18. The van der Waals surface area contributed by atoms with E-state index in [1.54, 1.807) is 12.0 Å². The molecule has 1 heterocycles. The van der Waals surface area contributed by atoms with Gasteiger partial charge in [-0.1, -0.05) is 12.1 Å². The van der Waals surface area contributed by atoms with Crippen LogP contribution >= 0.6 is 0 Å². The molecule has 2 aromatic rings. The van der Waals surface area contributed by atoms with E-state index in [9.17, 15) is 20.0 Å². The van der Waals surface area contributed by atoms with E-state index in [-0.39, 0.29) is 17.5 Å². The van der Waals surface area contributed by atoms with E-state index < -0.39 is 16.4 Å². The summed E-state index contributed by atoms with van der Waals surface area (Å²) in [5.41, 5.74) is 0.802. The van der Waals surface area contributed by atoms with Crippen LogP contribution in [0.25, 0.3) is 0 Å². The number of nitro groups is 1. The molecular weight excluding hydrogens is 324 g/mol. The number of likely N-dealkylation sites (tertiary alicyclic amines) is 1. The number of methoxy groups -OCH3 is 1. The van der Waals surface area contributed by atoms with Crippen LogP contribution in [-0.2, 0) is 0 Å². The molecule has 1 atom stereocenters. The molecule has 0 bridgehead atoms. The number of aromatic hydroxyl groups is 1. The summed E-state index contributed by atoms with van der Waals surface area (Å²) in [4.78, 5) is 24.7. The summed E-state index contributed by atoms with van der Waals surface area (Å²) < 4.78 is 5.25. The van der Waals surface area contributed by atoms with E-state index in [1.165, 1.54) is 6.07 Å². The summed E-state index contributed by atoms with van der Waals surface area (Å²) in [5.74, 6) is -0.0340. The quantitative estimate of drug-likeness (QED) is 0.680. The van der Waals surface area contributed by atoms with Gasteiger partial charge in [0.15, 0.2) is 5.75 Å². The molecule has 1 fully saturated rings. The van der Waals surface area contributed by atoms with Crippen molar-refractivity contribution < 1.29 is 19.6 Å². The highest BCUT2D eigenvalue weighted by atomic mass is 16.6. The lowest BCUT2D eigenvalue weighted by atomic mass is 10.0. The van der Waals surface area contributed by atoms with Crippen molar-refractivity contribution in [3.63, 3.8) is 0 Å². The topological polar surface area (TPSA) is 92.9 Å². The standard InChI is InChI=1S/C18H18N2O5/c1-25-14-5-2-4-12(10-14)15-6-3-9-19(15)18(22)13-7-8-16(20(23)24)17(21)11-13/h2,4-5,7-8,10-11,15,21H,3,6,9H2,1H3/t15-/m1/s1. The average Bonchev–Trinajstić information content (AvgIpc) is 3.10. The molecule has 1 N–H and O–H groups in total. The third-order valence-corrected chi connectivity index (χ3v) is 4.41. The van der Waals surface area contributed by atoms with Crippen molar-refractivity contribution in [2.75, 3.05) is 13.7 Å². The monoisotopic (exact) mass is 342 g/mol. The third-order valence-electron chi connectivity index (χ3n) is 4.41. The largest absolute Gasteiger partial charge is 0.502 e. The van der Waals surface area contributed by atoms with Crippen LogP contribution in [0.4, 0.5) is 5.69 Å². The van der Waals surface area contributed by atoms with Gasteiger partial charge in [-0.15, -0.1) is 0 Å². The Balaban J connectivity index is 1.88. The Morgan fingerprint density at radius 3 is 2.80 bits per heavy atom. The zero-order chi connectivity index (χ0) is 18.0. The van der Waals surface area contributed by atoms with Gasteiger partial charge < -0.3 is 14.7 Å². The van der Waals surface area contributed by atoms with Gasteiger partial charge in [0.1, 0.15) is 5.75 Å². The van der Waals surface area contributed by atoms with Crippen LogP contribution in [0.3, 0.4) is 0 Å². The number of carbonyl (C=O) groups is 1. The number of nitrogens with zero attached hydrogens (tertiary/aromatic N) is 2. The summed E-state index contributed by atoms with van der Waals surface area (Å²) in [6.45, 7) is 0.596. The Labute approximate surface area is 144 Å². The predicted octanol–water partition coefficient (Wildman–Crippen LogP) is 3.29. The first-order valence-corrected chi connectivity index (χ1v) is 7.93. The molecule has 1 aliphatic heterocycles. The number of rotatable bonds is 4. The zero-order valence-corrected chi connectivity index (χ0v) is 13.7. The van der Waals surface area contributed by atoms with Gasteiger partial charge >= 0.3 is 5.69 Å². The molecule has 0 aromatic heterocycles. The second-order valence-corrected chi connectivity index (χ2v) is 5.89. The maximum absolute atomic E-state index is 12.8. The van der Waals surface area contributed by atoms with Gasteiger partial charge in [-0.25, -0.2) is 0 Å². The molecule has 0 aliphatic carbocycles. The van der Waals surface area contributed by atoms with Crippen LogP contribution in [0, 0.1) is 10.1 Å². The van der Waals surface area contributed by atoms with Crippen molar-refractivity contribution in [3.05, 3.63) is 63.7 Å². The minimum atomic E-state index is -0.682. The number of phenolic OH excluding ortho intramolecular Hbond substituents is 1.